The molecule has 0 aromatic rings. The number of alkyl halides is 14. The molecule has 8 unspecified atom stereocenters. The topological polar surface area (TPSA) is 36.9 Å². The zero-order chi connectivity index (χ0) is 44.8. The van der Waals surface area contributed by atoms with Crippen LogP contribution < -0.4 is 0 Å². The molecule has 3 aliphatic carbocycles. The Morgan fingerprint density at radius 3 is 1.66 bits per heavy atom. The Labute approximate surface area is 333 Å². The fourth-order valence-electron chi connectivity index (χ4n) is 11.0. The smallest absolute Gasteiger partial charge is 0.353 e. The first-order valence-electron chi connectivity index (χ1n) is 20.4. The van der Waals surface area contributed by atoms with Crippen LogP contribution >= 0.6 is 0 Å². The van der Waals surface area contributed by atoms with Gasteiger partial charge in [-0.2, -0.15) is 61.5 Å². The van der Waals surface area contributed by atoms with E-state index in [4.69, 9.17) is 14.2 Å². The highest BCUT2D eigenvalue weighted by Crippen LogP contribution is 2.75. The molecule has 3 rings (SSSR count). The van der Waals surface area contributed by atoms with Crippen LogP contribution in [0.4, 0.5) is 61.5 Å². The summed E-state index contributed by atoms with van der Waals surface area (Å²) in [5.74, 6) is -35.0. The Bertz CT molecular complexity index is 1320. The third-order valence-corrected chi connectivity index (χ3v) is 14.1. The van der Waals surface area contributed by atoms with Crippen molar-refractivity contribution in [3.63, 3.8) is 0 Å². The lowest BCUT2D eigenvalue weighted by Crippen LogP contribution is -2.80. The number of ether oxygens (including phenoxy) is 4. The van der Waals surface area contributed by atoms with Crippen molar-refractivity contribution < 1.29 is 80.4 Å². The monoisotopic (exact) mass is 872 g/mol. The summed E-state index contributed by atoms with van der Waals surface area (Å²) >= 11 is 0. The standard InChI is InChI=1S/C40H62F14O4/c1-10-13-21-56-25(4)57-32(9)18-15-14-16-29(32)31(8,12-3)24-30(6,7)33-19-17-27(22-33)28(23-33)34(58-26(5)55-20-11-2,35(41,42)37(45,46)39(49,50)51)36(43,44)38(47,48)40(52,53)54/h25-29H,10-24H2,1-9H3. The molecule has 2 bridgehead atoms. The fourth-order valence-corrected chi connectivity index (χ4v) is 11.0. The number of fused-ring (bicyclic) bond motifs is 2. The molecular weight excluding hydrogens is 810 g/mol. The first kappa shape index (κ1) is 51.2. The fraction of sp³-hybridized carbons (Fsp3) is 1.00. The molecular formula is C40H62F14O4. The van der Waals surface area contributed by atoms with E-state index >= 15 is 35.1 Å². The molecule has 0 aromatic carbocycles. The van der Waals surface area contributed by atoms with Crippen LogP contribution in [0.2, 0.25) is 0 Å². The van der Waals surface area contributed by atoms with Crippen LogP contribution in [0.25, 0.3) is 0 Å². The van der Waals surface area contributed by atoms with Gasteiger partial charge in [0.05, 0.1) is 5.60 Å². The van der Waals surface area contributed by atoms with Crippen LogP contribution in [0.15, 0.2) is 0 Å². The molecule has 0 saturated heterocycles. The summed E-state index contributed by atoms with van der Waals surface area (Å²) in [5.41, 5.74) is -10.2. The molecule has 0 amide bonds. The van der Waals surface area contributed by atoms with Crippen LogP contribution in [0.5, 0.6) is 0 Å². The van der Waals surface area contributed by atoms with E-state index in [-0.39, 0.29) is 25.2 Å². The normalized spacial score (nSPS) is 29.1. The van der Waals surface area contributed by atoms with E-state index in [2.05, 4.69) is 4.74 Å². The van der Waals surface area contributed by atoms with Crippen molar-refractivity contribution in [2.24, 2.45) is 34.0 Å². The van der Waals surface area contributed by atoms with Crippen molar-refractivity contribution >= 4 is 0 Å². The van der Waals surface area contributed by atoms with Gasteiger partial charge in [-0.3, -0.25) is 0 Å². The zero-order valence-electron chi connectivity index (χ0n) is 34.9. The number of hydrogen-bond acceptors (Lipinski definition) is 4. The second kappa shape index (κ2) is 17.2. The summed E-state index contributed by atoms with van der Waals surface area (Å²) < 4.78 is 232. The molecule has 0 aromatic heterocycles. The van der Waals surface area contributed by atoms with Gasteiger partial charge in [-0.25, -0.2) is 0 Å². The molecule has 3 fully saturated rings. The van der Waals surface area contributed by atoms with E-state index in [0.717, 1.165) is 25.7 Å². The predicted octanol–water partition coefficient (Wildman–Crippen LogP) is 13.9. The highest BCUT2D eigenvalue weighted by molar-refractivity contribution is 5.24. The van der Waals surface area contributed by atoms with Gasteiger partial charge in [-0.05, 0) is 107 Å². The van der Waals surface area contributed by atoms with Gasteiger partial charge in [0, 0.05) is 19.1 Å². The molecule has 3 saturated carbocycles. The van der Waals surface area contributed by atoms with E-state index < -0.39 is 114 Å². The number of unbranched alkanes of at least 4 members (excludes halogenated alkanes) is 1. The summed E-state index contributed by atoms with van der Waals surface area (Å²) in [7, 11) is 0. The maximum atomic E-state index is 16.5. The third-order valence-electron chi connectivity index (χ3n) is 14.1. The average Bonchev–Trinajstić information content (AvgIpc) is 3.70. The van der Waals surface area contributed by atoms with Gasteiger partial charge in [0.1, 0.15) is 0 Å². The lowest BCUT2D eigenvalue weighted by Gasteiger charge is -2.57. The molecule has 0 aliphatic heterocycles. The van der Waals surface area contributed by atoms with Crippen molar-refractivity contribution in [3.05, 3.63) is 0 Å². The lowest BCUT2D eigenvalue weighted by molar-refractivity contribution is -0.478. The lowest BCUT2D eigenvalue weighted by atomic mass is 9.51. The van der Waals surface area contributed by atoms with E-state index in [1.165, 1.54) is 6.92 Å². The Hall–Kier alpha value is -1.14. The summed E-state index contributed by atoms with van der Waals surface area (Å²) in [6.45, 7) is 14.6. The molecule has 0 heterocycles. The molecule has 0 spiro atoms. The predicted molar refractivity (Wildman–Crippen MR) is 188 cm³/mol. The Balaban J connectivity index is 2.25. The van der Waals surface area contributed by atoms with Gasteiger partial charge in [0.2, 0.25) is 5.60 Å². The van der Waals surface area contributed by atoms with Crippen molar-refractivity contribution in [3.8, 4) is 0 Å². The van der Waals surface area contributed by atoms with Crippen molar-refractivity contribution in [2.45, 2.75) is 206 Å². The van der Waals surface area contributed by atoms with Gasteiger partial charge in [-0.15, -0.1) is 0 Å². The molecule has 58 heavy (non-hydrogen) atoms. The maximum absolute atomic E-state index is 16.5. The van der Waals surface area contributed by atoms with E-state index in [1.54, 1.807) is 20.8 Å². The highest BCUT2D eigenvalue weighted by atomic mass is 19.4. The number of halogens is 14. The van der Waals surface area contributed by atoms with Gasteiger partial charge < -0.3 is 18.9 Å². The van der Waals surface area contributed by atoms with Crippen LogP contribution in [-0.4, -0.2) is 73.0 Å². The van der Waals surface area contributed by atoms with Crippen LogP contribution in [0.1, 0.15) is 146 Å². The minimum absolute atomic E-state index is 0.0160. The van der Waals surface area contributed by atoms with Gasteiger partial charge >= 0.3 is 36.0 Å². The molecule has 4 nitrogen and oxygen atoms in total. The Morgan fingerprint density at radius 1 is 0.638 bits per heavy atom. The highest BCUT2D eigenvalue weighted by Gasteiger charge is 2.94. The molecule has 344 valence electrons. The molecule has 3 aliphatic rings. The average molecular weight is 873 g/mol. The first-order chi connectivity index (χ1) is 26.2. The number of hydrogen-bond donors (Lipinski definition) is 0. The largest absolute Gasteiger partial charge is 0.459 e. The maximum Gasteiger partial charge on any atom is 0.459 e. The number of rotatable bonds is 21. The van der Waals surface area contributed by atoms with Crippen LogP contribution in [-0.2, 0) is 18.9 Å². The van der Waals surface area contributed by atoms with Crippen molar-refractivity contribution in [1.82, 2.24) is 0 Å². The summed E-state index contributed by atoms with van der Waals surface area (Å²) in [6.07, 6.45) is -14.8. The van der Waals surface area contributed by atoms with Crippen molar-refractivity contribution in [2.75, 3.05) is 13.2 Å². The summed E-state index contributed by atoms with van der Waals surface area (Å²) in [4.78, 5) is 0. The van der Waals surface area contributed by atoms with Gasteiger partial charge in [0.15, 0.2) is 12.6 Å². The van der Waals surface area contributed by atoms with E-state index in [9.17, 15) is 26.3 Å². The van der Waals surface area contributed by atoms with Gasteiger partial charge in [-0.1, -0.05) is 67.2 Å². The second-order valence-electron chi connectivity index (χ2n) is 18.3. The molecule has 8 atom stereocenters. The van der Waals surface area contributed by atoms with Crippen molar-refractivity contribution in [1.29, 1.82) is 0 Å². The Kier molecular flexibility index (Phi) is 15.2. The van der Waals surface area contributed by atoms with Gasteiger partial charge in [0.25, 0.3) is 0 Å². The quantitative estimate of drug-likeness (QED) is 0.0654. The molecule has 0 N–H and O–H groups in total. The molecule has 18 heteroatoms. The van der Waals surface area contributed by atoms with E-state index in [0.29, 0.717) is 32.8 Å². The summed E-state index contributed by atoms with van der Waals surface area (Å²) in [5, 5.41) is 0. The SMILES string of the molecule is CCCCOC(C)OC1(C)CCCCC1C(C)(CC)CC(C)(C)C12CCC(C1)C(C(OC(C)OCCC)(C(F)(F)C(F)(F)C(F)(F)F)C(F)(F)C(F)(F)C(F)(F)F)C2. The molecule has 0 radical (unpaired) electrons. The Morgan fingerprint density at radius 2 is 1.17 bits per heavy atom. The third kappa shape index (κ3) is 8.62. The minimum Gasteiger partial charge on any atom is -0.353 e. The zero-order valence-corrected chi connectivity index (χ0v) is 34.9. The first-order valence-corrected chi connectivity index (χ1v) is 20.4. The van der Waals surface area contributed by atoms with Crippen LogP contribution in [0.3, 0.4) is 0 Å². The second-order valence-corrected chi connectivity index (χ2v) is 18.3. The van der Waals surface area contributed by atoms with Crippen LogP contribution in [0, 0.1) is 34.0 Å². The minimum atomic E-state index is -7.58. The summed E-state index contributed by atoms with van der Waals surface area (Å²) in [6, 6.07) is 0. The van der Waals surface area contributed by atoms with E-state index in [1.807, 2.05) is 27.7 Å².